The van der Waals surface area contributed by atoms with E-state index in [2.05, 4.69) is 15.3 Å². The van der Waals surface area contributed by atoms with E-state index in [0.717, 1.165) is 10.9 Å². The van der Waals surface area contributed by atoms with Crippen LogP contribution >= 0.6 is 0 Å². The average molecular weight is 370 g/mol. The smallest absolute Gasteiger partial charge is 0.347 e. The molecule has 0 aliphatic carbocycles. The van der Waals surface area contributed by atoms with Gasteiger partial charge in [-0.2, -0.15) is 0 Å². The van der Waals surface area contributed by atoms with E-state index in [4.69, 9.17) is 9.47 Å². The molecule has 27 heavy (non-hydrogen) atoms. The van der Waals surface area contributed by atoms with Gasteiger partial charge in [0.05, 0.1) is 6.61 Å². The molecule has 3 heterocycles. The molecule has 2 aromatic rings. The first-order valence-electron chi connectivity index (χ1n) is 8.67. The Hall–Kier alpha value is -3.13. The molecule has 2 aromatic heterocycles. The molecule has 0 saturated carbocycles. The number of carbonyl (C=O) groups excluding carboxylic acids is 2. The number of aromatic amines is 1. The molecule has 0 aromatic carbocycles. The van der Waals surface area contributed by atoms with Crippen LogP contribution in [-0.2, 0) is 19.1 Å². The van der Waals surface area contributed by atoms with Crippen molar-refractivity contribution in [3.05, 3.63) is 47.3 Å². The minimum atomic E-state index is -0.696. The number of hydrogen-bond donors (Lipinski definition) is 2. The average Bonchev–Trinajstić information content (AvgIpc) is 3.17. The number of ketones is 1. The number of nitrogens with zero attached hydrogens (tertiary/aromatic N) is 2. The van der Waals surface area contributed by atoms with Crippen LogP contribution in [0.15, 0.2) is 41.7 Å². The number of pyridine rings is 1. The molecule has 0 spiro atoms. The van der Waals surface area contributed by atoms with Crippen LogP contribution in [0.2, 0.25) is 0 Å². The fraction of sp³-hybridized carbons (Fsp3) is 0.316. The molecule has 0 saturated heterocycles. The first kappa shape index (κ1) is 18.7. The monoisotopic (exact) mass is 370 g/mol. The van der Waals surface area contributed by atoms with Crippen molar-refractivity contribution in [1.82, 2.24) is 20.2 Å². The minimum Gasteiger partial charge on any atom is -0.462 e. The molecule has 1 aliphatic heterocycles. The highest BCUT2D eigenvalue weighted by Gasteiger charge is 2.36. The molecule has 0 atom stereocenters. The number of allylic oxidation sites excluding steroid dienone is 1. The van der Waals surface area contributed by atoms with Gasteiger partial charge < -0.3 is 24.7 Å². The van der Waals surface area contributed by atoms with Crippen LogP contribution in [0.1, 0.15) is 12.5 Å². The van der Waals surface area contributed by atoms with Crippen molar-refractivity contribution in [3.63, 3.8) is 0 Å². The second-order valence-electron chi connectivity index (χ2n) is 6.24. The highest BCUT2D eigenvalue weighted by atomic mass is 16.5. The Labute approximate surface area is 156 Å². The summed E-state index contributed by atoms with van der Waals surface area (Å²) in [6, 6.07) is 3.70. The second-order valence-corrected chi connectivity index (χ2v) is 6.24. The van der Waals surface area contributed by atoms with Crippen molar-refractivity contribution in [1.29, 1.82) is 0 Å². The summed E-state index contributed by atoms with van der Waals surface area (Å²) in [5, 5.41) is 3.87. The second kappa shape index (κ2) is 8.05. The molecule has 3 rings (SSSR count). The zero-order valence-electron chi connectivity index (χ0n) is 15.5. The van der Waals surface area contributed by atoms with Gasteiger partial charge in [0.1, 0.15) is 5.65 Å². The summed E-state index contributed by atoms with van der Waals surface area (Å²) in [6.45, 7) is 3.09. The number of likely N-dealkylation sites (N-methyl/N-ethyl adjacent to an activating group) is 1. The lowest BCUT2D eigenvalue weighted by Crippen LogP contribution is -2.27. The number of ether oxygens (including phenoxy) is 2. The summed E-state index contributed by atoms with van der Waals surface area (Å²) in [5.41, 5.74) is 1.34. The maximum absolute atomic E-state index is 12.8. The Balaban J connectivity index is 1.89. The van der Waals surface area contributed by atoms with Gasteiger partial charge in [-0.3, -0.25) is 4.79 Å². The number of fused-ring (bicyclic) bond motifs is 1. The Morgan fingerprint density at radius 3 is 3.00 bits per heavy atom. The van der Waals surface area contributed by atoms with E-state index in [1.54, 1.807) is 25.4 Å². The van der Waals surface area contributed by atoms with E-state index in [1.807, 2.05) is 31.1 Å². The molecular formula is C19H22N4O4. The molecular weight excluding hydrogens is 348 g/mol. The fourth-order valence-corrected chi connectivity index (χ4v) is 2.67. The van der Waals surface area contributed by atoms with Crippen LogP contribution in [0.3, 0.4) is 0 Å². The number of Topliss-reactive ketones (excluding diaryl/α,β-unsaturated/α-hetero) is 1. The minimum absolute atomic E-state index is 0.0650. The number of esters is 1. The summed E-state index contributed by atoms with van der Waals surface area (Å²) < 4.78 is 10.7. The lowest BCUT2D eigenvalue weighted by molar-refractivity contribution is -0.139. The van der Waals surface area contributed by atoms with Crippen molar-refractivity contribution >= 4 is 28.9 Å². The number of nitrogens with one attached hydrogen (secondary N) is 2. The zero-order chi connectivity index (χ0) is 19.4. The molecule has 8 nitrogen and oxygen atoms in total. The van der Waals surface area contributed by atoms with Gasteiger partial charge in [0.25, 0.3) is 0 Å². The predicted molar refractivity (Wildman–Crippen MR) is 100 cm³/mol. The zero-order valence-corrected chi connectivity index (χ0v) is 15.5. The van der Waals surface area contributed by atoms with Crippen molar-refractivity contribution in [2.75, 3.05) is 33.8 Å². The Bertz CT molecular complexity index is 927. The predicted octanol–water partition coefficient (Wildman–Crippen LogP) is 1.43. The Morgan fingerprint density at radius 1 is 1.44 bits per heavy atom. The van der Waals surface area contributed by atoms with E-state index in [0.29, 0.717) is 18.7 Å². The summed E-state index contributed by atoms with van der Waals surface area (Å²) in [6.07, 6.45) is 5.02. The van der Waals surface area contributed by atoms with E-state index < -0.39 is 11.8 Å². The third-order valence-corrected chi connectivity index (χ3v) is 3.98. The van der Waals surface area contributed by atoms with Crippen molar-refractivity contribution in [3.8, 4) is 0 Å². The third kappa shape index (κ3) is 4.01. The maximum Gasteiger partial charge on any atom is 0.347 e. The van der Waals surface area contributed by atoms with Crippen molar-refractivity contribution in [2.24, 2.45) is 0 Å². The standard InChI is InChI=1S/C19H22N4O4/c1-4-26-19(25)15-16(24)14(27-18(15)21-8-9-23(2)3)10-12-11-22-17-13(12)6-5-7-20-17/h5-7,10-11,21H,4,8-9H2,1-3H3,(H,20,22). The van der Waals surface area contributed by atoms with Gasteiger partial charge in [0.2, 0.25) is 11.7 Å². The topological polar surface area (TPSA) is 96.6 Å². The molecule has 0 radical (unpaired) electrons. The van der Waals surface area contributed by atoms with Crippen LogP contribution in [0.5, 0.6) is 0 Å². The normalized spacial score (nSPS) is 15.7. The van der Waals surface area contributed by atoms with Crippen molar-refractivity contribution in [2.45, 2.75) is 6.92 Å². The maximum atomic E-state index is 12.8. The molecule has 0 bridgehead atoms. The molecule has 0 fully saturated rings. The molecule has 2 N–H and O–H groups in total. The largest absolute Gasteiger partial charge is 0.462 e. The third-order valence-electron chi connectivity index (χ3n) is 3.98. The van der Waals surface area contributed by atoms with Crippen LogP contribution in [0.25, 0.3) is 17.1 Å². The quantitative estimate of drug-likeness (QED) is 0.432. The first-order chi connectivity index (χ1) is 13.0. The highest BCUT2D eigenvalue weighted by molar-refractivity contribution is 6.26. The van der Waals surface area contributed by atoms with Crippen LogP contribution in [-0.4, -0.2) is 60.4 Å². The summed E-state index contributed by atoms with van der Waals surface area (Å²) >= 11 is 0. The molecule has 0 amide bonds. The van der Waals surface area contributed by atoms with Gasteiger partial charge in [-0.15, -0.1) is 0 Å². The van der Waals surface area contributed by atoms with Gasteiger partial charge in [0.15, 0.2) is 11.3 Å². The summed E-state index contributed by atoms with van der Waals surface area (Å²) in [7, 11) is 3.86. The van der Waals surface area contributed by atoms with Crippen LogP contribution in [0.4, 0.5) is 0 Å². The van der Waals surface area contributed by atoms with Gasteiger partial charge in [0, 0.05) is 36.4 Å². The first-order valence-corrected chi connectivity index (χ1v) is 8.67. The lowest BCUT2D eigenvalue weighted by atomic mass is 10.1. The lowest BCUT2D eigenvalue weighted by Gasteiger charge is -2.12. The molecule has 0 unspecified atom stereocenters. The molecule has 1 aliphatic rings. The number of hydrogen-bond acceptors (Lipinski definition) is 7. The molecule has 8 heteroatoms. The molecule has 142 valence electrons. The van der Waals surface area contributed by atoms with E-state index in [-0.39, 0.29) is 23.8 Å². The van der Waals surface area contributed by atoms with Crippen molar-refractivity contribution < 1.29 is 19.1 Å². The summed E-state index contributed by atoms with van der Waals surface area (Å²) in [5.74, 6) is -1.00. The highest BCUT2D eigenvalue weighted by Crippen LogP contribution is 2.28. The van der Waals surface area contributed by atoms with Crippen LogP contribution < -0.4 is 5.32 Å². The van der Waals surface area contributed by atoms with Gasteiger partial charge in [-0.1, -0.05) is 0 Å². The fourth-order valence-electron chi connectivity index (χ4n) is 2.67. The number of H-pyrrole nitrogens is 1. The summed E-state index contributed by atoms with van der Waals surface area (Å²) in [4.78, 5) is 34.3. The van der Waals surface area contributed by atoms with Gasteiger partial charge in [-0.05, 0) is 39.2 Å². The van der Waals surface area contributed by atoms with Gasteiger partial charge in [-0.25, -0.2) is 9.78 Å². The van der Waals surface area contributed by atoms with E-state index in [1.165, 1.54) is 0 Å². The van der Waals surface area contributed by atoms with E-state index >= 15 is 0 Å². The number of carbonyl (C=O) groups is 2. The SMILES string of the molecule is CCOC(=O)C1=C(NCCN(C)C)OC(=Cc2c[nH]c3ncccc23)C1=O. The Morgan fingerprint density at radius 2 is 2.26 bits per heavy atom. The van der Waals surface area contributed by atoms with Crippen LogP contribution in [0, 0.1) is 0 Å². The van der Waals surface area contributed by atoms with E-state index in [9.17, 15) is 9.59 Å². The van der Waals surface area contributed by atoms with Gasteiger partial charge >= 0.3 is 5.97 Å². The number of rotatable bonds is 7. The number of aromatic nitrogens is 2. The Kier molecular flexibility index (Phi) is 5.56.